The van der Waals surface area contributed by atoms with Crippen LogP contribution in [0.2, 0.25) is 0 Å². The number of hydrogen-bond donors (Lipinski definition) is 1. The minimum Gasteiger partial charge on any atom is -0.309 e. The summed E-state index contributed by atoms with van der Waals surface area (Å²) in [4.78, 5) is 12.4. The van der Waals surface area contributed by atoms with E-state index < -0.39 is 0 Å². The standard InChI is InChI=1S/C16H15NO/c1-11-4-2-3-5-15(11)16(18)12-6-7-13-9-17-10-14(13)8-12/h2-8,17H,9-10H2,1H3. The Balaban J connectivity index is 2.01. The second-order valence-electron chi connectivity index (χ2n) is 4.73. The molecule has 18 heavy (non-hydrogen) atoms. The first-order chi connectivity index (χ1) is 8.75. The molecule has 0 unspecified atom stereocenters. The van der Waals surface area contributed by atoms with Gasteiger partial charge in [-0.2, -0.15) is 0 Å². The molecule has 3 rings (SSSR count). The van der Waals surface area contributed by atoms with Crippen LogP contribution in [-0.4, -0.2) is 5.78 Å². The smallest absolute Gasteiger partial charge is 0.193 e. The Morgan fingerprint density at radius 2 is 1.83 bits per heavy atom. The number of benzene rings is 2. The van der Waals surface area contributed by atoms with Crippen LogP contribution in [0.15, 0.2) is 42.5 Å². The van der Waals surface area contributed by atoms with Gasteiger partial charge in [-0.15, -0.1) is 0 Å². The molecule has 1 heterocycles. The zero-order chi connectivity index (χ0) is 12.5. The van der Waals surface area contributed by atoms with Gasteiger partial charge < -0.3 is 5.32 Å². The SMILES string of the molecule is Cc1ccccc1C(=O)c1ccc2c(c1)CNC2. The maximum atomic E-state index is 12.4. The van der Waals surface area contributed by atoms with E-state index in [4.69, 9.17) is 0 Å². The summed E-state index contributed by atoms with van der Waals surface area (Å²) in [6.07, 6.45) is 0. The maximum absolute atomic E-state index is 12.4. The van der Waals surface area contributed by atoms with E-state index in [1.165, 1.54) is 11.1 Å². The second kappa shape index (κ2) is 4.39. The van der Waals surface area contributed by atoms with Crippen LogP contribution in [0.3, 0.4) is 0 Å². The van der Waals surface area contributed by atoms with Crippen molar-refractivity contribution in [3.8, 4) is 0 Å². The van der Waals surface area contributed by atoms with Crippen molar-refractivity contribution in [1.29, 1.82) is 0 Å². The average Bonchev–Trinajstić information content (AvgIpc) is 2.85. The summed E-state index contributed by atoms with van der Waals surface area (Å²) in [6, 6.07) is 13.7. The number of fused-ring (bicyclic) bond motifs is 1. The van der Waals surface area contributed by atoms with Crippen LogP contribution in [0, 0.1) is 6.92 Å². The summed E-state index contributed by atoms with van der Waals surface area (Å²) in [5, 5.41) is 3.29. The number of ketones is 1. The molecule has 2 heteroatoms. The number of rotatable bonds is 2. The summed E-state index contributed by atoms with van der Waals surface area (Å²) < 4.78 is 0. The third kappa shape index (κ3) is 1.85. The van der Waals surface area contributed by atoms with Crippen molar-refractivity contribution in [3.63, 3.8) is 0 Å². The molecule has 2 aromatic carbocycles. The predicted molar refractivity (Wildman–Crippen MR) is 71.6 cm³/mol. The van der Waals surface area contributed by atoms with Crippen LogP contribution >= 0.6 is 0 Å². The molecular formula is C16H15NO. The van der Waals surface area contributed by atoms with Crippen molar-refractivity contribution in [2.24, 2.45) is 0 Å². The Labute approximate surface area is 107 Å². The van der Waals surface area contributed by atoms with Gasteiger partial charge in [0, 0.05) is 24.2 Å². The van der Waals surface area contributed by atoms with Gasteiger partial charge in [0.05, 0.1) is 0 Å². The van der Waals surface area contributed by atoms with Gasteiger partial charge in [-0.25, -0.2) is 0 Å². The van der Waals surface area contributed by atoms with Crippen LogP contribution in [-0.2, 0) is 13.1 Å². The molecule has 2 aromatic rings. The number of carbonyl (C=O) groups is 1. The molecule has 1 aliphatic rings. The summed E-state index contributed by atoms with van der Waals surface area (Å²) in [5.41, 5.74) is 5.15. The molecule has 0 spiro atoms. The second-order valence-corrected chi connectivity index (χ2v) is 4.73. The molecule has 1 N–H and O–H groups in total. The van der Waals surface area contributed by atoms with Gasteiger partial charge in [0.1, 0.15) is 0 Å². The van der Waals surface area contributed by atoms with E-state index >= 15 is 0 Å². The fraction of sp³-hybridized carbons (Fsp3) is 0.188. The topological polar surface area (TPSA) is 29.1 Å². The van der Waals surface area contributed by atoms with Crippen molar-refractivity contribution in [3.05, 3.63) is 70.3 Å². The Morgan fingerprint density at radius 1 is 1.06 bits per heavy atom. The summed E-state index contributed by atoms with van der Waals surface area (Å²) in [6.45, 7) is 3.75. The minimum absolute atomic E-state index is 0.114. The summed E-state index contributed by atoms with van der Waals surface area (Å²) in [5.74, 6) is 0.114. The van der Waals surface area contributed by atoms with Crippen molar-refractivity contribution in [2.45, 2.75) is 20.0 Å². The molecule has 2 nitrogen and oxygen atoms in total. The van der Waals surface area contributed by atoms with E-state index in [1.807, 2.05) is 43.3 Å². The first kappa shape index (κ1) is 11.2. The highest BCUT2D eigenvalue weighted by molar-refractivity contribution is 6.10. The van der Waals surface area contributed by atoms with Gasteiger partial charge in [0.25, 0.3) is 0 Å². The average molecular weight is 237 g/mol. The normalized spacial score (nSPS) is 13.4. The van der Waals surface area contributed by atoms with Crippen molar-refractivity contribution >= 4 is 5.78 Å². The highest BCUT2D eigenvalue weighted by atomic mass is 16.1. The number of carbonyl (C=O) groups excluding carboxylic acids is 1. The molecule has 0 amide bonds. The molecule has 0 fully saturated rings. The van der Waals surface area contributed by atoms with Crippen LogP contribution in [0.5, 0.6) is 0 Å². The van der Waals surface area contributed by atoms with Crippen LogP contribution < -0.4 is 5.32 Å². The van der Waals surface area contributed by atoms with Crippen molar-refractivity contribution in [1.82, 2.24) is 5.32 Å². The van der Waals surface area contributed by atoms with E-state index in [-0.39, 0.29) is 5.78 Å². The molecular weight excluding hydrogens is 222 g/mol. The van der Waals surface area contributed by atoms with Gasteiger partial charge in [0.2, 0.25) is 0 Å². The van der Waals surface area contributed by atoms with E-state index in [1.54, 1.807) is 0 Å². The summed E-state index contributed by atoms with van der Waals surface area (Å²) in [7, 11) is 0. The van der Waals surface area contributed by atoms with E-state index in [9.17, 15) is 4.79 Å². The third-order valence-electron chi connectivity index (χ3n) is 3.49. The number of nitrogens with one attached hydrogen (secondary N) is 1. The monoisotopic (exact) mass is 237 g/mol. The van der Waals surface area contributed by atoms with Crippen LogP contribution in [0.4, 0.5) is 0 Å². The molecule has 0 saturated carbocycles. The Bertz CT molecular complexity index is 616. The molecule has 0 saturated heterocycles. The van der Waals surface area contributed by atoms with E-state index in [2.05, 4.69) is 11.4 Å². The van der Waals surface area contributed by atoms with Crippen molar-refractivity contribution in [2.75, 3.05) is 0 Å². The zero-order valence-corrected chi connectivity index (χ0v) is 10.4. The fourth-order valence-corrected chi connectivity index (χ4v) is 2.42. The molecule has 0 aromatic heterocycles. The first-order valence-corrected chi connectivity index (χ1v) is 6.18. The Kier molecular flexibility index (Phi) is 2.73. The maximum Gasteiger partial charge on any atom is 0.193 e. The fourth-order valence-electron chi connectivity index (χ4n) is 2.42. The molecule has 1 aliphatic heterocycles. The van der Waals surface area contributed by atoms with Gasteiger partial charge in [-0.3, -0.25) is 4.79 Å². The highest BCUT2D eigenvalue weighted by Crippen LogP contribution is 2.20. The predicted octanol–water partition coefficient (Wildman–Crippen LogP) is 2.83. The zero-order valence-electron chi connectivity index (χ0n) is 10.4. The highest BCUT2D eigenvalue weighted by Gasteiger charge is 2.15. The third-order valence-corrected chi connectivity index (χ3v) is 3.49. The van der Waals surface area contributed by atoms with Gasteiger partial charge in [0.15, 0.2) is 5.78 Å². The van der Waals surface area contributed by atoms with Crippen LogP contribution in [0.25, 0.3) is 0 Å². The van der Waals surface area contributed by atoms with Gasteiger partial charge in [-0.05, 0) is 29.7 Å². The molecule has 0 aliphatic carbocycles. The molecule has 90 valence electrons. The van der Waals surface area contributed by atoms with Gasteiger partial charge >= 0.3 is 0 Å². The first-order valence-electron chi connectivity index (χ1n) is 6.18. The minimum atomic E-state index is 0.114. The lowest BCUT2D eigenvalue weighted by molar-refractivity contribution is 0.103. The van der Waals surface area contributed by atoms with Gasteiger partial charge in [-0.1, -0.05) is 36.4 Å². The lowest BCUT2D eigenvalue weighted by Crippen LogP contribution is -2.04. The lowest BCUT2D eigenvalue weighted by atomic mass is 9.97. The number of hydrogen-bond acceptors (Lipinski definition) is 2. The molecule has 0 atom stereocenters. The lowest BCUT2D eigenvalue weighted by Gasteiger charge is -2.06. The largest absolute Gasteiger partial charge is 0.309 e. The molecule has 0 radical (unpaired) electrons. The van der Waals surface area contributed by atoms with Crippen LogP contribution in [0.1, 0.15) is 32.6 Å². The summed E-state index contributed by atoms with van der Waals surface area (Å²) >= 11 is 0. The number of aryl methyl sites for hydroxylation is 1. The molecule has 0 bridgehead atoms. The Hall–Kier alpha value is -1.93. The quantitative estimate of drug-likeness (QED) is 0.814. The van der Waals surface area contributed by atoms with E-state index in [0.29, 0.717) is 0 Å². The Morgan fingerprint density at radius 3 is 2.67 bits per heavy atom. The van der Waals surface area contributed by atoms with E-state index in [0.717, 1.165) is 29.8 Å². The van der Waals surface area contributed by atoms with Crippen molar-refractivity contribution < 1.29 is 4.79 Å².